The van der Waals surface area contributed by atoms with E-state index < -0.39 is 40.2 Å². The number of rotatable bonds is 3. The Balaban J connectivity index is 2.15. The lowest BCUT2D eigenvalue weighted by Gasteiger charge is -2.08. The van der Waals surface area contributed by atoms with Crippen LogP contribution in [-0.4, -0.2) is 16.1 Å². The van der Waals surface area contributed by atoms with E-state index in [4.69, 9.17) is 5.11 Å². The van der Waals surface area contributed by atoms with Gasteiger partial charge in [0.05, 0.1) is 5.52 Å². The third-order valence-electron chi connectivity index (χ3n) is 3.74. The van der Waals surface area contributed by atoms with E-state index in [2.05, 4.69) is 4.98 Å². The van der Waals surface area contributed by atoms with Gasteiger partial charge in [-0.05, 0) is 29.3 Å². The summed E-state index contributed by atoms with van der Waals surface area (Å²) < 4.78 is 54.2. The number of carboxylic acid groups (broad SMARTS) is 1. The SMILES string of the molecule is O=C(O)c1c[nH]c2c(F)cc(Cc3ccc(F)c(F)c3F)cc2c1=O. The van der Waals surface area contributed by atoms with Crippen molar-refractivity contribution >= 4 is 16.9 Å². The summed E-state index contributed by atoms with van der Waals surface area (Å²) in [6.45, 7) is 0. The Morgan fingerprint density at radius 1 is 1.04 bits per heavy atom. The predicted octanol–water partition coefficient (Wildman–Crippen LogP) is 3.37. The van der Waals surface area contributed by atoms with E-state index in [1.54, 1.807) is 0 Å². The highest BCUT2D eigenvalue weighted by atomic mass is 19.2. The second kappa shape index (κ2) is 6.04. The van der Waals surface area contributed by atoms with Crippen LogP contribution in [0.25, 0.3) is 10.9 Å². The molecule has 2 N–H and O–H groups in total. The zero-order chi connectivity index (χ0) is 18.3. The number of H-pyrrole nitrogens is 1. The first-order valence-corrected chi connectivity index (χ1v) is 6.99. The van der Waals surface area contributed by atoms with Crippen molar-refractivity contribution in [3.8, 4) is 0 Å². The zero-order valence-electron chi connectivity index (χ0n) is 12.4. The molecular weight excluding hydrogens is 342 g/mol. The summed E-state index contributed by atoms with van der Waals surface area (Å²) in [6, 6.07) is 3.93. The number of benzene rings is 2. The number of carboxylic acids is 1. The van der Waals surface area contributed by atoms with Crippen LogP contribution < -0.4 is 5.43 Å². The van der Waals surface area contributed by atoms with E-state index in [0.717, 1.165) is 24.4 Å². The topological polar surface area (TPSA) is 70.2 Å². The molecule has 0 aliphatic rings. The summed E-state index contributed by atoms with van der Waals surface area (Å²) in [5.74, 6) is -6.75. The van der Waals surface area contributed by atoms with Crippen molar-refractivity contribution in [1.82, 2.24) is 4.98 Å². The van der Waals surface area contributed by atoms with E-state index in [1.807, 2.05) is 0 Å². The van der Waals surface area contributed by atoms with E-state index in [9.17, 15) is 27.2 Å². The van der Waals surface area contributed by atoms with Crippen LogP contribution in [0, 0.1) is 23.3 Å². The Morgan fingerprint density at radius 3 is 2.44 bits per heavy atom. The molecule has 0 saturated heterocycles. The first-order chi connectivity index (χ1) is 11.8. The molecule has 4 nitrogen and oxygen atoms in total. The van der Waals surface area contributed by atoms with E-state index in [-0.39, 0.29) is 28.5 Å². The lowest BCUT2D eigenvalue weighted by molar-refractivity contribution is 0.0695. The summed E-state index contributed by atoms with van der Waals surface area (Å²) in [6.07, 6.45) is 0.567. The quantitative estimate of drug-likeness (QED) is 0.561. The molecule has 0 aliphatic heterocycles. The molecule has 3 rings (SSSR count). The van der Waals surface area contributed by atoms with Crippen LogP contribution in [0.5, 0.6) is 0 Å². The number of carbonyl (C=O) groups is 1. The summed E-state index contributed by atoms with van der Waals surface area (Å²) in [5.41, 5.74) is -1.83. The minimum absolute atomic E-state index is 0.1000. The van der Waals surface area contributed by atoms with Gasteiger partial charge >= 0.3 is 5.97 Å². The molecule has 3 aromatic rings. The van der Waals surface area contributed by atoms with E-state index >= 15 is 0 Å². The van der Waals surface area contributed by atoms with Crippen LogP contribution in [0.3, 0.4) is 0 Å². The molecule has 0 amide bonds. The monoisotopic (exact) mass is 351 g/mol. The minimum Gasteiger partial charge on any atom is -0.477 e. The smallest absolute Gasteiger partial charge is 0.341 e. The lowest BCUT2D eigenvalue weighted by atomic mass is 10.0. The van der Waals surface area contributed by atoms with Gasteiger partial charge in [-0.1, -0.05) is 6.07 Å². The molecule has 0 fully saturated rings. The minimum atomic E-state index is -1.65. The van der Waals surface area contributed by atoms with Crippen molar-refractivity contribution in [2.45, 2.75) is 6.42 Å². The van der Waals surface area contributed by atoms with Crippen molar-refractivity contribution in [2.75, 3.05) is 0 Å². The molecule has 8 heteroatoms. The van der Waals surface area contributed by atoms with Crippen LogP contribution in [0.15, 0.2) is 35.3 Å². The third kappa shape index (κ3) is 2.86. The van der Waals surface area contributed by atoms with Gasteiger partial charge in [-0.3, -0.25) is 4.79 Å². The molecule has 0 aliphatic carbocycles. The molecule has 1 aromatic heterocycles. The number of hydrogen-bond donors (Lipinski definition) is 2. The van der Waals surface area contributed by atoms with Crippen molar-refractivity contribution in [3.05, 3.63) is 80.6 Å². The van der Waals surface area contributed by atoms with E-state index in [0.29, 0.717) is 0 Å². The van der Waals surface area contributed by atoms with Crippen molar-refractivity contribution < 1.29 is 27.5 Å². The maximum atomic E-state index is 14.2. The van der Waals surface area contributed by atoms with Gasteiger partial charge in [-0.15, -0.1) is 0 Å². The number of halogens is 4. The van der Waals surface area contributed by atoms with Gasteiger partial charge in [-0.2, -0.15) is 0 Å². The van der Waals surface area contributed by atoms with Crippen molar-refractivity contribution in [2.24, 2.45) is 0 Å². The maximum absolute atomic E-state index is 14.2. The number of aromatic carboxylic acids is 1. The molecule has 2 aromatic carbocycles. The third-order valence-corrected chi connectivity index (χ3v) is 3.74. The molecular formula is C17H9F4NO3. The number of aromatic amines is 1. The Bertz CT molecular complexity index is 1080. The van der Waals surface area contributed by atoms with Gasteiger partial charge in [0.25, 0.3) is 0 Å². The Morgan fingerprint density at radius 2 is 1.76 bits per heavy atom. The lowest BCUT2D eigenvalue weighted by Crippen LogP contribution is -2.16. The van der Waals surface area contributed by atoms with Crippen LogP contribution in [0.1, 0.15) is 21.5 Å². The predicted molar refractivity (Wildman–Crippen MR) is 80.6 cm³/mol. The molecule has 0 atom stereocenters. The molecule has 128 valence electrons. The molecule has 0 spiro atoms. The van der Waals surface area contributed by atoms with Gasteiger partial charge in [0.1, 0.15) is 11.4 Å². The van der Waals surface area contributed by atoms with Gasteiger partial charge < -0.3 is 10.1 Å². The molecule has 0 unspecified atom stereocenters. The summed E-state index contributed by atoms with van der Waals surface area (Å²) in [5, 5.41) is 8.71. The second-order valence-electron chi connectivity index (χ2n) is 5.35. The number of fused-ring (bicyclic) bond motifs is 1. The maximum Gasteiger partial charge on any atom is 0.341 e. The van der Waals surface area contributed by atoms with Crippen LogP contribution >= 0.6 is 0 Å². The van der Waals surface area contributed by atoms with Gasteiger partial charge in [-0.25, -0.2) is 22.4 Å². The zero-order valence-corrected chi connectivity index (χ0v) is 12.4. The Labute approximate surface area is 137 Å². The average molecular weight is 351 g/mol. The van der Waals surface area contributed by atoms with Crippen molar-refractivity contribution in [3.63, 3.8) is 0 Å². The highest BCUT2D eigenvalue weighted by Gasteiger charge is 2.17. The van der Waals surface area contributed by atoms with Crippen molar-refractivity contribution in [1.29, 1.82) is 0 Å². The molecule has 25 heavy (non-hydrogen) atoms. The fourth-order valence-electron chi connectivity index (χ4n) is 2.53. The summed E-state index contributed by atoms with van der Waals surface area (Å²) in [7, 11) is 0. The normalized spacial score (nSPS) is 11.0. The first-order valence-electron chi connectivity index (χ1n) is 6.99. The summed E-state index contributed by atoms with van der Waals surface area (Å²) >= 11 is 0. The Kier molecular flexibility index (Phi) is 4.03. The highest BCUT2D eigenvalue weighted by molar-refractivity contribution is 5.92. The van der Waals surface area contributed by atoms with Crippen LogP contribution in [0.4, 0.5) is 17.6 Å². The van der Waals surface area contributed by atoms with Crippen LogP contribution in [0.2, 0.25) is 0 Å². The fourth-order valence-corrected chi connectivity index (χ4v) is 2.53. The Hall–Kier alpha value is -3.16. The average Bonchev–Trinajstić information content (AvgIpc) is 2.56. The number of hydrogen-bond acceptors (Lipinski definition) is 2. The van der Waals surface area contributed by atoms with E-state index in [1.165, 1.54) is 6.07 Å². The molecule has 0 bridgehead atoms. The standard InChI is InChI=1S/C17H9F4NO3/c18-11-2-1-8(13(20)14(11)21)3-7-4-9-15(12(19)5-7)22-6-10(16(9)23)17(24)25/h1-2,4-6H,3H2,(H,22,23)(H,24,25). The van der Waals surface area contributed by atoms with Crippen LogP contribution in [-0.2, 0) is 6.42 Å². The molecule has 0 saturated carbocycles. The fraction of sp³-hybridized carbons (Fsp3) is 0.0588. The largest absolute Gasteiger partial charge is 0.477 e. The van der Waals surface area contributed by atoms with Gasteiger partial charge in [0.15, 0.2) is 17.5 Å². The second-order valence-corrected chi connectivity index (χ2v) is 5.35. The van der Waals surface area contributed by atoms with Gasteiger partial charge in [0, 0.05) is 18.0 Å². The molecule has 1 heterocycles. The molecule has 0 radical (unpaired) electrons. The first kappa shape index (κ1) is 16.7. The summed E-state index contributed by atoms with van der Waals surface area (Å²) in [4.78, 5) is 25.5. The number of aromatic nitrogens is 1. The number of pyridine rings is 1. The van der Waals surface area contributed by atoms with Gasteiger partial charge in [0.2, 0.25) is 5.43 Å². The highest BCUT2D eigenvalue weighted by Crippen LogP contribution is 2.22. The number of nitrogens with one attached hydrogen (secondary N) is 1.